The minimum Gasteiger partial charge on any atom is -0.324 e. The predicted molar refractivity (Wildman–Crippen MR) is 58.3 cm³/mol. The van der Waals surface area contributed by atoms with Crippen LogP contribution in [0.1, 0.15) is 24.2 Å². The van der Waals surface area contributed by atoms with Gasteiger partial charge in [0, 0.05) is 18.5 Å². The van der Waals surface area contributed by atoms with E-state index in [0.29, 0.717) is 11.1 Å². The van der Waals surface area contributed by atoms with Crippen molar-refractivity contribution >= 4 is 10.9 Å². The van der Waals surface area contributed by atoms with Gasteiger partial charge in [-0.1, -0.05) is 18.2 Å². The molecule has 1 aromatic carbocycles. The summed E-state index contributed by atoms with van der Waals surface area (Å²) in [7, 11) is 1.29. The molecule has 0 fully saturated rings. The van der Waals surface area contributed by atoms with Crippen LogP contribution in [0, 0.1) is 0 Å². The summed E-state index contributed by atoms with van der Waals surface area (Å²) in [6.45, 7) is 1.72. The summed E-state index contributed by atoms with van der Waals surface area (Å²) in [5, 5.41) is 4.01. The lowest BCUT2D eigenvalue weighted by Crippen LogP contribution is -2.11. The standard InChI is InChI=1S/C11H12F3N3/c1-6(15)7-4-3-5-8-9(7)16-17(2)10(8)11(12,13)14/h3-6H,15H2,1-2H3. The molecule has 92 valence electrons. The predicted octanol–water partition coefficient (Wildman–Crippen LogP) is 2.61. The number of hydrogen-bond donors (Lipinski definition) is 1. The lowest BCUT2D eigenvalue weighted by Gasteiger charge is -2.07. The number of hydrogen-bond acceptors (Lipinski definition) is 2. The molecule has 0 saturated carbocycles. The third-order valence-corrected chi connectivity index (χ3v) is 2.66. The molecular weight excluding hydrogens is 231 g/mol. The van der Waals surface area contributed by atoms with Crippen molar-refractivity contribution in [2.45, 2.75) is 19.1 Å². The molecule has 2 rings (SSSR count). The first-order valence-electron chi connectivity index (χ1n) is 5.10. The molecule has 0 spiro atoms. The summed E-state index contributed by atoms with van der Waals surface area (Å²) in [5.41, 5.74) is 5.91. The van der Waals surface area contributed by atoms with Crippen LogP contribution in [0.5, 0.6) is 0 Å². The van der Waals surface area contributed by atoms with Crippen LogP contribution >= 0.6 is 0 Å². The van der Waals surface area contributed by atoms with Crippen LogP contribution in [-0.4, -0.2) is 9.78 Å². The van der Waals surface area contributed by atoms with Crippen LogP contribution < -0.4 is 5.73 Å². The molecule has 0 aliphatic heterocycles. The quantitative estimate of drug-likeness (QED) is 0.836. The van der Waals surface area contributed by atoms with Crippen molar-refractivity contribution in [1.29, 1.82) is 0 Å². The number of nitrogens with two attached hydrogens (primary N) is 1. The zero-order valence-corrected chi connectivity index (χ0v) is 9.42. The Morgan fingerprint density at radius 2 is 2.00 bits per heavy atom. The van der Waals surface area contributed by atoms with Gasteiger partial charge in [-0.3, -0.25) is 4.68 Å². The zero-order chi connectivity index (χ0) is 12.8. The van der Waals surface area contributed by atoms with E-state index in [4.69, 9.17) is 5.73 Å². The Morgan fingerprint density at radius 3 is 2.53 bits per heavy atom. The minimum atomic E-state index is -4.42. The Labute approximate surface area is 96.0 Å². The first-order valence-corrected chi connectivity index (χ1v) is 5.10. The van der Waals surface area contributed by atoms with Gasteiger partial charge in [0.15, 0.2) is 0 Å². The topological polar surface area (TPSA) is 43.8 Å². The molecule has 6 heteroatoms. The molecule has 1 aromatic heterocycles. The molecule has 2 aromatic rings. The van der Waals surface area contributed by atoms with Gasteiger partial charge in [-0.05, 0) is 12.5 Å². The van der Waals surface area contributed by atoms with Crippen LogP contribution in [0.15, 0.2) is 18.2 Å². The summed E-state index contributed by atoms with van der Waals surface area (Å²) in [6, 6.07) is 4.32. The first kappa shape index (κ1) is 11.9. The normalized spacial score (nSPS) is 14.2. The molecule has 1 heterocycles. The molecule has 1 atom stereocenters. The summed E-state index contributed by atoms with van der Waals surface area (Å²) in [4.78, 5) is 0. The SMILES string of the molecule is CC(N)c1cccc2c(C(F)(F)F)n(C)nc12. The van der Waals surface area contributed by atoms with Crippen LogP contribution in [0.25, 0.3) is 10.9 Å². The van der Waals surface area contributed by atoms with Gasteiger partial charge >= 0.3 is 6.18 Å². The summed E-state index contributed by atoms with van der Waals surface area (Å²) >= 11 is 0. The van der Waals surface area contributed by atoms with Crippen molar-refractivity contribution in [3.05, 3.63) is 29.5 Å². The van der Waals surface area contributed by atoms with E-state index in [-0.39, 0.29) is 11.4 Å². The van der Waals surface area contributed by atoms with E-state index in [0.717, 1.165) is 4.68 Å². The van der Waals surface area contributed by atoms with E-state index in [1.54, 1.807) is 19.1 Å². The number of alkyl halides is 3. The second-order valence-electron chi connectivity index (χ2n) is 4.00. The zero-order valence-electron chi connectivity index (χ0n) is 9.42. The highest BCUT2D eigenvalue weighted by atomic mass is 19.4. The van der Waals surface area contributed by atoms with Gasteiger partial charge in [-0.25, -0.2) is 0 Å². The molecular formula is C11H12F3N3. The van der Waals surface area contributed by atoms with Crippen molar-refractivity contribution in [1.82, 2.24) is 9.78 Å². The number of fused-ring (bicyclic) bond motifs is 1. The summed E-state index contributed by atoms with van der Waals surface area (Å²) < 4.78 is 39.4. The van der Waals surface area contributed by atoms with Crippen molar-refractivity contribution in [3.63, 3.8) is 0 Å². The Morgan fingerprint density at radius 1 is 1.35 bits per heavy atom. The third kappa shape index (κ3) is 1.88. The highest BCUT2D eigenvalue weighted by molar-refractivity contribution is 5.85. The fourth-order valence-corrected chi connectivity index (χ4v) is 1.94. The lowest BCUT2D eigenvalue weighted by atomic mass is 10.0. The highest BCUT2D eigenvalue weighted by Crippen LogP contribution is 2.35. The smallest absolute Gasteiger partial charge is 0.324 e. The monoisotopic (exact) mass is 243 g/mol. The fourth-order valence-electron chi connectivity index (χ4n) is 1.94. The summed E-state index contributed by atoms with van der Waals surface area (Å²) in [6.07, 6.45) is -4.42. The maximum atomic E-state index is 12.9. The number of aromatic nitrogens is 2. The Bertz CT molecular complexity index is 555. The van der Waals surface area contributed by atoms with E-state index < -0.39 is 11.9 Å². The maximum absolute atomic E-state index is 12.9. The number of benzene rings is 1. The fraction of sp³-hybridized carbons (Fsp3) is 0.364. The Kier molecular flexibility index (Phi) is 2.61. The minimum absolute atomic E-state index is 0.0924. The maximum Gasteiger partial charge on any atom is 0.433 e. The van der Waals surface area contributed by atoms with Crippen LogP contribution in [0.3, 0.4) is 0 Å². The molecule has 2 N–H and O–H groups in total. The number of aryl methyl sites for hydroxylation is 1. The highest BCUT2D eigenvalue weighted by Gasteiger charge is 2.37. The van der Waals surface area contributed by atoms with Gasteiger partial charge in [0.05, 0.1) is 5.52 Å². The lowest BCUT2D eigenvalue weighted by molar-refractivity contribution is -0.142. The molecule has 0 aliphatic carbocycles. The van der Waals surface area contributed by atoms with Gasteiger partial charge in [-0.15, -0.1) is 0 Å². The van der Waals surface area contributed by atoms with Gasteiger partial charge in [0.1, 0.15) is 5.69 Å². The third-order valence-electron chi connectivity index (χ3n) is 2.66. The van der Waals surface area contributed by atoms with E-state index in [2.05, 4.69) is 5.10 Å². The van der Waals surface area contributed by atoms with E-state index in [9.17, 15) is 13.2 Å². The van der Waals surface area contributed by atoms with Crippen LogP contribution in [0.4, 0.5) is 13.2 Å². The average molecular weight is 243 g/mol. The number of halogens is 3. The molecule has 17 heavy (non-hydrogen) atoms. The Balaban J connectivity index is 2.81. The van der Waals surface area contributed by atoms with Gasteiger partial charge in [0.2, 0.25) is 0 Å². The summed E-state index contributed by atoms with van der Waals surface area (Å²) in [5.74, 6) is 0. The molecule has 0 bridgehead atoms. The number of nitrogens with zero attached hydrogens (tertiary/aromatic N) is 2. The van der Waals surface area contributed by atoms with Crippen molar-refractivity contribution in [3.8, 4) is 0 Å². The van der Waals surface area contributed by atoms with Crippen LogP contribution in [0.2, 0.25) is 0 Å². The van der Waals surface area contributed by atoms with E-state index in [1.165, 1.54) is 13.1 Å². The molecule has 3 nitrogen and oxygen atoms in total. The van der Waals surface area contributed by atoms with Gasteiger partial charge in [-0.2, -0.15) is 18.3 Å². The first-order chi connectivity index (χ1) is 7.82. The van der Waals surface area contributed by atoms with Gasteiger partial charge in [0.25, 0.3) is 0 Å². The van der Waals surface area contributed by atoms with Crippen molar-refractivity contribution < 1.29 is 13.2 Å². The second-order valence-corrected chi connectivity index (χ2v) is 4.00. The van der Waals surface area contributed by atoms with E-state index in [1.807, 2.05) is 0 Å². The average Bonchev–Trinajstić information content (AvgIpc) is 2.51. The van der Waals surface area contributed by atoms with Gasteiger partial charge < -0.3 is 5.73 Å². The van der Waals surface area contributed by atoms with E-state index >= 15 is 0 Å². The second kappa shape index (κ2) is 3.73. The van der Waals surface area contributed by atoms with Crippen LogP contribution in [-0.2, 0) is 13.2 Å². The Hall–Kier alpha value is -1.56. The van der Waals surface area contributed by atoms with Crippen molar-refractivity contribution in [2.75, 3.05) is 0 Å². The largest absolute Gasteiger partial charge is 0.433 e. The number of rotatable bonds is 1. The molecule has 0 radical (unpaired) electrons. The molecule has 1 unspecified atom stereocenters. The van der Waals surface area contributed by atoms with Crippen molar-refractivity contribution in [2.24, 2.45) is 12.8 Å². The molecule has 0 aliphatic rings. The molecule has 0 saturated heterocycles. The molecule has 0 amide bonds.